The molecule has 8 N–H and O–H groups in total. The van der Waals surface area contributed by atoms with E-state index in [-0.39, 0.29) is 34.3 Å². The first-order valence-corrected chi connectivity index (χ1v) is 14.0. The molecule has 1 fully saturated rings. The molecular formula is C24H23FN6O10S2. The molecule has 228 valence electrons. The quantitative estimate of drug-likeness (QED) is 0.0786. The molecule has 2 aromatic rings. The second kappa shape index (κ2) is 11.8. The SMILES string of the molecule is CC(C)(O/N=C(\C(=O)NC1C(=O)N2C(C(=O)O)=C(CNC(=O)c3cc(O)c(O)c(F)c3)CS[C@H]12)c1csc(N)n1)C(=O)O. The smallest absolute Gasteiger partial charge is 0.352 e. The van der Waals surface area contributed by atoms with Crippen molar-refractivity contribution in [1.82, 2.24) is 20.5 Å². The minimum absolute atomic E-state index is 0.0113. The standard InChI is InChI=1S/C24H23FN6O10S2/c1-24(2,22(39)40)41-30-13(11-7-43-23(26)28-11)18(35)29-14-19(36)31-15(21(37)38)9(6-42-20(14)31)5-27-17(34)8-3-10(25)16(33)12(32)4-8/h3-4,7,14,20,32-33H,5-6H2,1-2H3,(H2,26,28)(H,27,34)(H,29,35)(H,37,38)(H,39,40)/b30-13-/t14?,20-/m1/s1. The summed E-state index contributed by atoms with van der Waals surface area (Å²) in [6.07, 6.45) is 0. The fourth-order valence-corrected chi connectivity index (χ4v) is 5.73. The Balaban J connectivity index is 1.50. The number of anilines is 1. The molecule has 3 amide bonds. The van der Waals surface area contributed by atoms with Crippen molar-refractivity contribution in [3.8, 4) is 11.5 Å². The number of fused-ring (bicyclic) bond motifs is 1. The van der Waals surface area contributed by atoms with Crippen molar-refractivity contribution in [1.29, 1.82) is 0 Å². The largest absolute Gasteiger partial charge is 0.504 e. The number of nitrogen functional groups attached to an aromatic ring is 1. The lowest BCUT2D eigenvalue weighted by molar-refractivity contribution is -0.161. The van der Waals surface area contributed by atoms with Crippen LogP contribution in [-0.2, 0) is 24.0 Å². The van der Waals surface area contributed by atoms with Crippen LogP contribution in [-0.4, -0.2) is 95.0 Å². The lowest BCUT2D eigenvalue weighted by Crippen LogP contribution is -2.71. The molecule has 19 heteroatoms. The normalized spacial score (nSPS) is 18.4. The third-order valence-corrected chi connectivity index (χ3v) is 8.18. The van der Waals surface area contributed by atoms with Gasteiger partial charge < -0.3 is 41.6 Å². The Bertz CT molecular complexity index is 1580. The van der Waals surface area contributed by atoms with Gasteiger partial charge >= 0.3 is 11.9 Å². The van der Waals surface area contributed by atoms with E-state index >= 15 is 0 Å². The average Bonchev–Trinajstić information content (AvgIpc) is 3.37. The van der Waals surface area contributed by atoms with Crippen LogP contribution in [0.4, 0.5) is 9.52 Å². The molecule has 4 rings (SSSR count). The molecular weight excluding hydrogens is 615 g/mol. The number of thioether (sulfide) groups is 1. The number of oxime groups is 1. The Morgan fingerprint density at radius 2 is 1.95 bits per heavy atom. The van der Waals surface area contributed by atoms with Gasteiger partial charge in [-0.25, -0.2) is 19.0 Å². The zero-order valence-electron chi connectivity index (χ0n) is 22.2. The first kappa shape index (κ1) is 31.0. The maximum atomic E-state index is 13.7. The Hall–Kier alpha value is -4.91. The van der Waals surface area contributed by atoms with Crippen LogP contribution in [0.15, 0.2) is 33.9 Å². The Morgan fingerprint density at radius 1 is 1.26 bits per heavy atom. The van der Waals surface area contributed by atoms with Crippen molar-refractivity contribution in [2.45, 2.75) is 30.9 Å². The summed E-state index contributed by atoms with van der Waals surface area (Å²) in [7, 11) is 0. The van der Waals surface area contributed by atoms with Gasteiger partial charge in [-0.05, 0) is 31.6 Å². The topological polar surface area (TPSA) is 254 Å². The first-order valence-electron chi connectivity index (χ1n) is 12.0. The number of carboxylic acids is 2. The number of hydrogen-bond acceptors (Lipinski definition) is 13. The van der Waals surface area contributed by atoms with E-state index in [1.54, 1.807) is 0 Å². The number of nitrogens with one attached hydrogen (secondary N) is 2. The molecule has 0 spiro atoms. The minimum Gasteiger partial charge on any atom is -0.504 e. The summed E-state index contributed by atoms with van der Waals surface area (Å²) >= 11 is 2.06. The molecule has 0 aliphatic carbocycles. The van der Waals surface area contributed by atoms with Gasteiger partial charge in [0.1, 0.15) is 22.8 Å². The van der Waals surface area contributed by atoms with Crippen LogP contribution < -0.4 is 16.4 Å². The minimum atomic E-state index is -1.82. The Morgan fingerprint density at radius 3 is 2.53 bits per heavy atom. The molecule has 2 aliphatic rings. The number of aromatic nitrogens is 1. The van der Waals surface area contributed by atoms with Gasteiger partial charge in [-0.1, -0.05) is 5.16 Å². The highest BCUT2D eigenvalue weighted by Crippen LogP contribution is 2.40. The molecule has 0 radical (unpaired) electrons. The van der Waals surface area contributed by atoms with E-state index < -0.39 is 75.4 Å². The zero-order chi connectivity index (χ0) is 31.8. The van der Waals surface area contributed by atoms with E-state index in [9.17, 15) is 48.8 Å². The van der Waals surface area contributed by atoms with Crippen LogP contribution in [0.3, 0.4) is 0 Å². The highest BCUT2D eigenvalue weighted by atomic mass is 32.2. The molecule has 2 aliphatic heterocycles. The number of aromatic hydroxyl groups is 2. The molecule has 1 aromatic carbocycles. The molecule has 0 saturated carbocycles. The number of rotatable bonds is 10. The molecule has 16 nitrogen and oxygen atoms in total. The molecule has 0 bridgehead atoms. The number of phenols is 2. The van der Waals surface area contributed by atoms with E-state index in [0.29, 0.717) is 6.07 Å². The number of carbonyl (C=O) groups is 5. The number of carbonyl (C=O) groups excluding carboxylic acids is 3. The van der Waals surface area contributed by atoms with Crippen LogP contribution in [0.25, 0.3) is 0 Å². The van der Waals surface area contributed by atoms with Crippen molar-refractivity contribution in [3.05, 3.63) is 45.9 Å². The summed E-state index contributed by atoms with van der Waals surface area (Å²) in [4.78, 5) is 72.2. The predicted octanol–water partition coefficient (Wildman–Crippen LogP) is 0.0281. The monoisotopic (exact) mass is 638 g/mol. The molecule has 1 unspecified atom stereocenters. The summed E-state index contributed by atoms with van der Waals surface area (Å²) < 4.78 is 13.7. The van der Waals surface area contributed by atoms with E-state index in [2.05, 4.69) is 20.8 Å². The highest BCUT2D eigenvalue weighted by molar-refractivity contribution is 8.00. The van der Waals surface area contributed by atoms with Crippen molar-refractivity contribution in [3.63, 3.8) is 0 Å². The van der Waals surface area contributed by atoms with Crippen LogP contribution in [0.1, 0.15) is 29.9 Å². The molecule has 1 aromatic heterocycles. The number of β-lactam (4-membered cyclic amide) rings is 1. The Labute approximate surface area is 249 Å². The lowest BCUT2D eigenvalue weighted by Gasteiger charge is -2.49. The molecule has 2 atom stereocenters. The molecule has 1 saturated heterocycles. The van der Waals surface area contributed by atoms with Gasteiger partial charge in [0.15, 0.2) is 28.2 Å². The van der Waals surface area contributed by atoms with E-state index in [0.717, 1.165) is 34.1 Å². The maximum absolute atomic E-state index is 13.7. The zero-order valence-corrected chi connectivity index (χ0v) is 23.8. The highest BCUT2D eigenvalue weighted by Gasteiger charge is 2.54. The number of halogens is 1. The number of nitrogens with two attached hydrogens (primary N) is 1. The molecule has 3 heterocycles. The van der Waals surface area contributed by atoms with Gasteiger partial charge in [-0.2, -0.15) is 0 Å². The number of aliphatic carboxylic acids is 2. The van der Waals surface area contributed by atoms with E-state index in [1.165, 1.54) is 19.2 Å². The van der Waals surface area contributed by atoms with Gasteiger partial charge in [-0.3, -0.25) is 19.3 Å². The van der Waals surface area contributed by atoms with Crippen LogP contribution in [0.2, 0.25) is 0 Å². The van der Waals surface area contributed by atoms with E-state index in [1.807, 2.05) is 0 Å². The van der Waals surface area contributed by atoms with Crippen molar-refractivity contribution in [2.24, 2.45) is 5.16 Å². The van der Waals surface area contributed by atoms with Crippen LogP contribution in [0.5, 0.6) is 11.5 Å². The number of nitrogens with zero attached hydrogens (tertiary/aromatic N) is 3. The van der Waals surface area contributed by atoms with Crippen molar-refractivity contribution in [2.75, 3.05) is 18.0 Å². The van der Waals surface area contributed by atoms with Gasteiger partial charge in [-0.15, -0.1) is 23.1 Å². The number of phenolic OH excluding ortho intramolecular Hbond substituents is 2. The maximum Gasteiger partial charge on any atom is 0.352 e. The van der Waals surface area contributed by atoms with Gasteiger partial charge in [0.2, 0.25) is 5.60 Å². The van der Waals surface area contributed by atoms with Crippen LogP contribution in [0, 0.1) is 5.82 Å². The summed E-state index contributed by atoms with van der Waals surface area (Å²) in [5, 5.41) is 47.1. The van der Waals surface area contributed by atoms with Crippen molar-refractivity contribution < 1.29 is 53.6 Å². The van der Waals surface area contributed by atoms with Crippen LogP contribution >= 0.6 is 23.1 Å². The number of carboxylic acid groups (broad SMARTS) is 2. The van der Waals surface area contributed by atoms with Gasteiger partial charge in [0, 0.05) is 23.2 Å². The average molecular weight is 639 g/mol. The van der Waals surface area contributed by atoms with Gasteiger partial charge in [0.05, 0.1) is 0 Å². The third-order valence-electron chi connectivity index (χ3n) is 6.16. The lowest BCUT2D eigenvalue weighted by atomic mass is 10.0. The first-order chi connectivity index (χ1) is 20.1. The third kappa shape index (κ3) is 6.16. The van der Waals surface area contributed by atoms with E-state index in [4.69, 9.17) is 10.6 Å². The summed E-state index contributed by atoms with van der Waals surface area (Å²) in [6, 6.07) is 0.295. The number of thiazole rings is 1. The van der Waals surface area contributed by atoms with Crippen molar-refractivity contribution >= 4 is 63.6 Å². The molecule has 43 heavy (non-hydrogen) atoms. The fourth-order valence-electron chi connectivity index (χ4n) is 3.83. The summed E-state index contributed by atoms with van der Waals surface area (Å²) in [5.74, 6) is -8.63. The second-order valence-corrected chi connectivity index (χ2v) is 11.5. The summed E-state index contributed by atoms with van der Waals surface area (Å²) in [6.45, 7) is 2.04. The number of benzene rings is 1. The van der Waals surface area contributed by atoms with Gasteiger partial charge in [0.25, 0.3) is 17.7 Å². The second-order valence-electron chi connectivity index (χ2n) is 9.54. The predicted molar refractivity (Wildman–Crippen MR) is 148 cm³/mol. The number of hydrogen-bond donors (Lipinski definition) is 7. The fraction of sp³-hybridized carbons (Fsp3) is 0.292. The Kier molecular flexibility index (Phi) is 8.49. The number of amides is 3. The summed E-state index contributed by atoms with van der Waals surface area (Å²) in [5.41, 5.74) is 2.67.